The van der Waals surface area contributed by atoms with Crippen molar-refractivity contribution in [1.29, 1.82) is 0 Å². The highest BCUT2D eigenvalue weighted by molar-refractivity contribution is 5.82. The molecule has 4 nitrogen and oxygen atoms in total. The molecule has 2 rings (SSSR count). The van der Waals surface area contributed by atoms with E-state index in [0.717, 1.165) is 32.6 Å². The van der Waals surface area contributed by atoms with E-state index in [1.165, 1.54) is 0 Å². The minimum atomic E-state index is 0.0269. The van der Waals surface area contributed by atoms with Crippen molar-refractivity contribution in [1.82, 2.24) is 9.80 Å². The molecule has 0 aromatic heterocycles. The summed E-state index contributed by atoms with van der Waals surface area (Å²) in [5, 5.41) is 0. The standard InChI is InChI=1S/C14H26N2O2/c1-10(2)13(14(17)15-6-5-7-15)16-8-11(3)18-12(4)9-16/h10-13H,5-9H2,1-4H3. The summed E-state index contributed by atoms with van der Waals surface area (Å²) in [5.41, 5.74) is 0. The van der Waals surface area contributed by atoms with Gasteiger partial charge < -0.3 is 9.64 Å². The van der Waals surface area contributed by atoms with Crippen molar-refractivity contribution in [2.45, 2.75) is 52.4 Å². The highest BCUT2D eigenvalue weighted by Gasteiger charge is 2.37. The predicted molar refractivity (Wildman–Crippen MR) is 71.4 cm³/mol. The lowest BCUT2D eigenvalue weighted by Gasteiger charge is -2.44. The molecule has 0 N–H and O–H groups in total. The largest absolute Gasteiger partial charge is 0.373 e. The summed E-state index contributed by atoms with van der Waals surface area (Å²) in [5.74, 6) is 0.674. The van der Waals surface area contributed by atoms with Crippen LogP contribution in [0.3, 0.4) is 0 Å². The van der Waals surface area contributed by atoms with E-state index >= 15 is 0 Å². The van der Waals surface area contributed by atoms with Crippen molar-refractivity contribution >= 4 is 5.91 Å². The topological polar surface area (TPSA) is 32.8 Å². The molecule has 2 saturated heterocycles. The van der Waals surface area contributed by atoms with Crippen LogP contribution in [0, 0.1) is 5.92 Å². The summed E-state index contributed by atoms with van der Waals surface area (Å²) < 4.78 is 5.76. The third kappa shape index (κ3) is 2.86. The monoisotopic (exact) mass is 254 g/mol. The van der Waals surface area contributed by atoms with Crippen molar-refractivity contribution in [2.24, 2.45) is 5.92 Å². The average molecular weight is 254 g/mol. The lowest BCUT2D eigenvalue weighted by atomic mass is 9.97. The van der Waals surface area contributed by atoms with Gasteiger partial charge in [0.05, 0.1) is 18.2 Å². The van der Waals surface area contributed by atoms with Crippen LogP contribution in [-0.2, 0) is 9.53 Å². The molecule has 3 unspecified atom stereocenters. The van der Waals surface area contributed by atoms with Gasteiger partial charge in [-0.1, -0.05) is 13.8 Å². The molecule has 0 spiro atoms. The highest BCUT2D eigenvalue weighted by atomic mass is 16.5. The normalized spacial score (nSPS) is 31.3. The molecule has 2 heterocycles. The lowest BCUT2D eigenvalue weighted by molar-refractivity contribution is -0.148. The summed E-state index contributed by atoms with van der Waals surface area (Å²) in [7, 11) is 0. The maximum Gasteiger partial charge on any atom is 0.240 e. The Hall–Kier alpha value is -0.610. The number of likely N-dealkylation sites (tertiary alicyclic amines) is 1. The summed E-state index contributed by atoms with van der Waals surface area (Å²) in [6.45, 7) is 12.1. The summed E-state index contributed by atoms with van der Waals surface area (Å²) in [4.78, 5) is 16.8. The first kappa shape index (κ1) is 13.8. The Morgan fingerprint density at radius 1 is 1.17 bits per heavy atom. The van der Waals surface area contributed by atoms with Crippen LogP contribution in [0.2, 0.25) is 0 Å². The van der Waals surface area contributed by atoms with Crippen LogP contribution in [0.5, 0.6) is 0 Å². The van der Waals surface area contributed by atoms with Crippen molar-refractivity contribution in [3.05, 3.63) is 0 Å². The first-order valence-electron chi connectivity index (χ1n) is 7.17. The number of nitrogens with zero attached hydrogens (tertiary/aromatic N) is 2. The van der Waals surface area contributed by atoms with E-state index in [4.69, 9.17) is 4.74 Å². The van der Waals surface area contributed by atoms with Crippen LogP contribution < -0.4 is 0 Å². The molecule has 3 atom stereocenters. The molecule has 0 radical (unpaired) electrons. The quantitative estimate of drug-likeness (QED) is 0.762. The van der Waals surface area contributed by atoms with Gasteiger partial charge in [-0.05, 0) is 26.2 Å². The Labute approximate surface area is 110 Å². The zero-order valence-electron chi connectivity index (χ0n) is 12.1. The van der Waals surface area contributed by atoms with Gasteiger partial charge in [0.1, 0.15) is 0 Å². The molecule has 18 heavy (non-hydrogen) atoms. The smallest absolute Gasteiger partial charge is 0.240 e. The first-order valence-corrected chi connectivity index (χ1v) is 7.17. The van der Waals surface area contributed by atoms with Crippen molar-refractivity contribution in [3.63, 3.8) is 0 Å². The second-order valence-electron chi connectivity index (χ2n) is 6.08. The van der Waals surface area contributed by atoms with Gasteiger partial charge in [-0.3, -0.25) is 9.69 Å². The van der Waals surface area contributed by atoms with Crippen LogP contribution in [0.4, 0.5) is 0 Å². The predicted octanol–water partition coefficient (Wildman–Crippen LogP) is 1.35. The average Bonchev–Trinajstić information content (AvgIpc) is 2.11. The van der Waals surface area contributed by atoms with E-state index in [9.17, 15) is 4.79 Å². The van der Waals surface area contributed by atoms with E-state index in [2.05, 4.69) is 32.6 Å². The van der Waals surface area contributed by atoms with Gasteiger partial charge in [-0.15, -0.1) is 0 Å². The molecule has 0 bridgehead atoms. The third-order valence-corrected chi connectivity index (χ3v) is 3.89. The minimum absolute atomic E-state index is 0.0269. The van der Waals surface area contributed by atoms with Crippen LogP contribution in [0.15, 0.2) is 0 Å². The molecular weight excluding hydrogens is 228 g/mol. The number of hydrogen-bond acceptors (Lipinski definition) is 3. The van der Waals surface area contributed by atoms with Crippen molar-refractivity contribution in [3.8, 4) is 0 Å². The van der Waals surface area contributed by atoms with Crippen LogP contribution in [-0.4, -0.2) is 60.1 Å². The maximum atomic E-state index is 12.5. The number of hydrogen-bond donors (Lipinski definition) is 0. The number of amides is 1. The van der Waals surface area contributed by atoms with E-state index in [1.807, 2.05) is 4.90 Å². The van der Waals surface area contributed by atoms with Crippen molar-refractivity contribution < 1.29 is 9.53 Å². The Bertz CT molecular complexity index is 292. The minimum Gasteiger partial charge on any atom is -0.373 e. The lowest BCUT2D eigenvalue weighted by Crippen LogP contribution is -2.59. The Balaban J connectivity index is 2.06. The number of morpholine rings is 1. The van der Waals surface area contributed by atoms with Gasteiger partial charge in [0, 0.05) is 26.2 Å². The van der Waals surface area contributed by atoms with Gasteiger partial charge in [0.25, 0.3) is 0 Å². The second kappa shape index (κ2) is 5.57. The fraction of sp³-hybridized carbons (Fsp3) is 0.929. The SMILES string of the molecule is CC1CN(C(C(=O)N2CCC2)C(C)C)CC(C)O1. The fourth-order valence-corrected chi connectivity index (χ4v) is 3.03. The molecule has 0 saturated carbocycles. The van der Waals surface area contributed by atoms with Crippen LogP contribution in [0.1, 0.15) is 34.1 Å². The van der Waals surface area contributed by atoms with Gasteiger partial charge in [0.15, 0.2) is 0 Å². The molecule has 2 aliphatic heterocycles. The summed E-state index contributed by atoms with van der Waals surface area (Å²) in [6.07, 6.45) is 1.60. The molecule has 1 amide bonds. The molecule has 104 valence electrons. The molecular formula is C14H26N2O2. The van der Waals surface area contributed by atoms with Gasteiger partial charge >= 0.3 is 0 Å². The maximum absolute atomic E-state index is 12.5. The Morgan fingerprint density at radius 2 is 1.72 bits per heavy atom. The Kier molecular flexibility index (Phi) is 4.28. The highest BCUT2D eigenvalue weighted by Crippen LogP contribution is 2.22. The van der Waals surface area contributed by atoms with E-state index < -0.39 is 0 Å². The zero-order chi connectivity index (χ0) is 13.3. The molecule has 0 aliphatic carbocycles. The number of carbonyl (C=O) groups excluding carboxylic acids is 1. The summed E-state index contributed by atoms with van der Waals surface area (Å²) >= 11 is 0. The molecule has 2 aliphatic rings. The second-order valence-corrected chi connectivity index (χ2v) is 6.08. The molecule has 0 aromatic carbocycles. The van der Waals surface area contributed by atoms with Crippen LogP contribution >= 0.6 is 0 Å². The van der Waals surface area contributed by atoms with E-state index in [0.29, 0.717) is 11.8 Å². The first-order chi connectivity index (χ1) is 8.49. The summed E-state index contributed by atoms with van der Waals surface area (Å²) in [6, 6.07) is 0.0269. The fourth-order valence-electron chi connectivity index (χ4n) is 3.03. The third-order valence-electron chi connectivity index (χ3n) is 3.89. The molecule has 2 fully saturated rings. The number of carbonyl (C=O) groups is 1. The Morgan fingerprint density at radius 3 is 2.11 bits per heavy atom. The van der Waals surface area contributed by atoms with Crippen LogP contribution in [0.25, 0.3) is 0 Å². The number of rotatable bonds is 3. The van der Waals surface area contributed by atoms with Crippen molar-refractivity contribution in [2.75, 3.05) is 26.2 Å². The number of ether oxygens (including phenoxy) is 1. The van der Waals surface area contributed by atoms with E-state index in [-0.39, 0.29) is 18.2 Å². The van der Waals surface area contributed by atoms with Gasteiger partial charge in [0.2, 0.25) is 5.91 Å². The molecule has 4 heteroatoms. The zero-order valence-corrected chi connectivity index (χ0v) is 12.1. The van der Waals surface area contributed by atoms with Gasteiger partial charge in [-0.25, -0.2) is 0 Å². The van der Waals surface area contributed by atoms with Gasteiger partial charge in [-0.2, -0.15) is 0 Å². The molecule has 0 aromatic rings. The van der Waals surface area contributed by atoms with E-state index in [1.54, 1.807) is 0 Å².